The molecule has 0 unspecified atom stereocenters. The maximum atomic E-state index is 13.8. The quantitative estimate of drug-likeness (QED) is 0.501. The Hall–Kier alpha value is -3.00. The minimum absolute atomic E-state index is 0.0234. The van der Waals surface area contributed by atoms with Crippen LogP contribution in [0, 0.1) is 17.2 Å². The molecule has 0 saturated carbocycles. The Kier molecular flexibility index (Phi) is 4.86. The zero-order valence-electron chi connectivity index (χ0n) is 16.0. The normalized spacial score (nSPS) is 20.0. The third-order valence-electron chi connectivity index (χ3n) is 5.62. The van der Waals surface area contributed by atoms with Crippen molar-refractivity contribution < 1.29 is 4.79 Å². The van der Waals surface area contributed by atoms with Crippen molar-refractivity contribution in [3.63, 3.8) is 0 Å². The highest BCUT2D eigenvalue weighted by Gasteiger charge is 2.46. The number of rotatable bonds is 3. The van der Waals surface area contributed by atoms with Crippen LogP contribution in [0.2, 0.25) is 5.02 Å². The summed E-state index contributed by atoms with van der Waals surface area (Å²) in [5.41, 5.74) is 3.46. The van der Waals surface area contributed by atoms with Crippen LogP contribution >= 0.6 is 23.4 Å². The van der Waals surface area contributed by atoms with Gasteiger partial charge in [-0.15, -0.1) is 0 Å². The first-order valence-electron chi connectivity index (χ1n) is 9.72. The van der Waals surface area contributed by atoms with E-state index in [1.54, 1.807) is 4.90 Å². The highest BCUT2D eigenvalue weighted by Crippen LogP contribution is 2.54. The molecule has 5 rings (SSSR count). The summed E-state index contributed by atoms with van der Waals surface area (Å²) >= 11 is 7.78. The number of anilines is 1. The molecule has 2 aliphatic rings. The summed E-state index contributed by atoms with van der Waals surface area (Å²) in [6, 6.07) is 27.8. The Bertz CT molecular complexity index is 1220. The van der Waals surface area contributed by atoms with Gasteiger partial charge >= 0.3 is 0 Å². The van der Waals surface area contributed by atoms with Gasteiger partial charge in [0.1, 0.15) is 5.03 Å². The van der Waals surface area contributed by atoms with Crippen LogP contribution in [0.1, 0.15) is 17.0 Å². The van der Waals surface area contributed by atoms with E-state index >= 15 is 0 Å². The second-order valence-corrected chi connectivity index (χ2v) is 8.87. The van der Waals surface area contributed by atoms with Crippen molar-refractivity contribution in [2.45, 2.75) is 17.2 Å². The smallest absolute Gasteiger partial charge is 0.236 e. The molecule has 0 radical (unpaired) electrons. The van der Waals surface area contributed by atoms with E-state index in [-0.39, 0.29) is 11.8 Å². The summed E-state index contributed by atoms with van der Waals surface area (Å²) in [6.45, 7) is 0. The third kappa shape index (κ3) is 3.11. The monoisotopic (exact) mass is 428 g/mol. The van der Waals surface area contributed by atoms with Gasteiger partial charge in [-0.2, -0.15) is 5.26 Å². The molecule has 0 spiro atoms. The number of nitriles is 1. The number of fused-ring (bicyclic) bond motifs is 3. The van der Waals surface area contributed by atoms with Crippen molar-refractivity contribution in [3.8, 4) is 6.07 Å². The van der Waals surface area contributed by atoms with E-state index in [1.807, 2.05) is 78.9 Å². The molecule has 0 aliphatic carbocycles. The Morgan fingerprint density at radius 1 is 1.00 bits per heavy atom. The van der Waals surface area contributed by atoms with Crippen molar-refractivity contribution in [2.75, 3.05) is 4.90 Å². The second kappa shape index (κ2) is 7.68. The van der Waals surface area contributed by atoms with Crippen molar-refractivity contribution >= 4 is 35.0 Å². The van der Waals surface area contributed by atoms with Crippen molar-refractivity contribution in [1.82, 2.24) is 0 Å². The van der Waals surface area contributed by atoms with Crippen molar-refractivity contribution in [1.29, 1.82) is 5.26 Å². The van der Waals surface area contributed by atoms with Gasteiger partial charge in [0.2, 0.25) is 5.91 Å². The van der Waals surface area contributed by atoms with Crippen LogP contribution in [0.3, 0.4) is 0 Å². The number of amides is 1. The molecule has 3 nitrogen and oxygen atoms in total. The summed E-state index contributed by atoms with van der Waals surface area (Å²) in [7, 11) is 0. The van der Waals surface area contributed by atoms with Crippen molar-refractivity contribution in [3.05, 3.63) is 106 Å². The SMILES string of the molecule is N#CC1=C2Sc3ccccc3N2C(=O)[C@H](Cc2ccccc2)[C@@H]1c1cccc(Cl)c1. The number of benzene rings is 3. The molecule has 0 aromatic heterocycles. The number of allylic oxidation sites excluding steroid dienone is 1. The fraction of sp³-hybridized carbons (Fsp3) is 0.120. The van der Waals surface area contributed by atoms with E-state index in [2.05, 4.69) is 6.07 Å². The highest BCUT2D eigenvalue weighted by molar-refractivity contribution is 8.03. The summed E-state index contributed by atoms with van der Waals surface area (Å²) in [5, 5.41) is 11.5. The molecule has 30 heavy (non-hydrogen) atoms. The van der Waals surface area contributed by atoms with Gasteiger partial charge in [-0.1, -0.05) is 78.0 Å². The lowest BCUT2D eigenvalue weighted by Crippen LogP contribution is -2.42. The molecule has 1 amide bonds. The van der Waals surface area contributed by atoms with Gasteiger partial charge in [-0.25, -0.2) is 0 Å². The van der Waals surface area contributed by atoms with E-state index in [0.29, 0.717) is 17.0 Å². The molecule has 146 valence electrons. The van der Waals surface area contributed by atoms with Crippen molar-refractivity contribution in [2.24, 2.45) is 5.92 Å². The summed E-state index contributed by atoms with van der Waals surface area (Å²) in [6.07, 6.45) is 0.554. The fourth-order valence-corrected chi connectivity index (χ4v) is 5.69. The molecule has 3 aromatic carbocycles. The standard InChI is InChI=1S/C25H17ClN2OS/c26-18-10-6-9-17(14-18)23-19(13-16-7-2-1-3-8-16)24(29)28-21-11-4-5-12-22(21)30-25(28)20(23)15-27/h1-12,14,19,23H,13H2/t19-,23+/m1/s1. The van der Waals surface area contributed by atoms with Crippen LogP contribution in [0.25, 0.3) is 0 Å². The van der Waals surface area contributed by atoms with Gasteiger partial charge in [0.05, 0.1) is 23.2 Å². The Morgan fingerprint density at radius 3 is 2.53 bits per heavy atom. The average molecular weight is 429 g/mol. The zero-order valence-corrected chi connectivity index (χ0v) is 17.5. The van der Waals surface area contributed by atoms with Crippen LogP contribution in [0.15, 0.2) is 94.4 Å². The molecule has 0 bridgehead atoms. The number of para-hydroxylation sites is 1. The Balaban J connectivity index is 1.70. The third-order valence-corrected chi connectivity index (χ3v) is 7.02. The van der Waals surface area contributed by atoms with Crippen LogP contribution in [-0.2, 0) is 11.2 Å². The van der Waals surface area contributed by atoms with E-state index in [4.69, 9.17) is 11.6 Å². The van der Waals surface area contributed by atoms with Crippen LogP contribution in [0.4, 0.5) is 5.69 Å². The lowest BCUT2D eigenvalue weighted by Gasteiger charge is -2.36. The number of hydrogen-bond acceptors (Lipinski definition) is 3. The average Bonchev–Trinajstić information content (AvgIpc) is 3.16. The number of hydrogen-bond donors (Lipinski definition) is 0. The molecule has 2 aliphatic heterocycles. The molecule has 5 heteroatoms. The Labute approximate surface area is 184 Å². The summed E-state index contributed by atoms with van der Waals surface area (Å²) in [4.78, 5) is 16.6. The second-order valence-electron chi connectivity index (χ2n) is 7.40. The number of thioether (sulfide) groups is 1. The van der Waals surface area contributed by atoms with Gasteiger partial charge in [0, 0.05) is 15.8 Å². The maximum absolute atomic E-state index is 13.8. The Morgan fingerprint density at radius 2 is 1.77 bits per heavy atom. The molecular weight excluding hydrogens is 412 g/mol. The van der Waals surface area contributed by atoms with Gasteiger partial charge < -0.3 is 0 Å². The minimum atomic E-state index is -0.393. The number of nitrogens with zero attached hydrogens (tertiary/aromatic N) is 2. The largest absolute Gasteiger partial charge is 0.274 e. The van der Waals surface area contributed by atoms with E-state index in [1.165, 1.54) is 11.8 Å². The van der Waals surface area contributed by atoms with Gasteiger partial charge in [-0.05, 0) is 41.8 Å². The summed E-state index contributed by atoms with van der Waals surface area (Å²) in [5.74, 6) is -0.708. The van der Waals surface area contributed by atoms with Crippen LogP contribution < -0.4 is 4.90 Å². The predicted octanol–water partition coefficient (Wildman–Crippen LogP) is 6.17. The van der Waals surface area contributed by atoms with Crippen LogP contribution in [-0.4, -0.2) is 5.91 Å². The maximum Gasteiger partial charge on any atom is 0.236 e. The molecule has 3 aromatic rings. The first-order valence-corrected chi connectivity index (χ1v) is 10.9. The molecule has 0 N–H and O–H groups in total. The molecule has 0 fully saturated rings. The van der Waals surface area contributed by atoms with Crippen LogP contribution in [0.5, 0.6) is 0 Å². The molecule has 2 atom stereocenters. The zero-order chi connectivity index (χ0) is 20.7. The van der Waals surface area contributed by atoms with E-state index in [0.717, 1.165) is 26.7 Å². The number of carbonyl (C=O) groups excluding carboxylic acids is 1. The van der Waals surface area contributed by atoms with Gasteiger partial charge in [-0.3, -0.25) is 9.69 Å². The topological polar surface area (TPSA) is 44.1 Å². The minimum Gasteiger partial charge on any atom is -0.274 e. The van der Waals surface area contributed by atoms with E-state index < -0.39 is 5.92 Å². The van der Waals surface area contributed by atoms with Gasteiger partial charge in [0.25, 0.3) is 0 Å². The number of halogens is 1. The lowest BCUT2D eigenvalue weighted by atomic mass is 9.75. The predicted molar refractivity (Wildman–Crippen MR) is 120 cm³/mol. The first-order chi connectivity index (χ1) is 14.7. The molecule has 0 saturated heterocycles. The first kappa shape index (κ1) is 19.0. The number of carbonyl (C=O) groups is 1. The fourth-order valence-electron chi connectivity index (χ4n) is 4.31. The molecular formula is C25H17ClN2OS. The van der Waals surface area contributed by atoms with Gasteiger partial charge in [0.15, 0.2) is 0 Å². The lowest BCUT2D eigenvalue weighted by molar-refractivity contribution is -0.122. The molecule has 2 heterocycles. The summed E-state index contributed by atoms with van der Waals surface area (Å²) < 4.78 is 0. The van der Waals surface area contributed by atoms with E-state index in [9.17, 15) is 10.1 Å². The highest BCUT2D eigenvalue weighted by atomic mass is 35.5.